The van der Waals surface area contributed by atoms with E-state index in [4.69, 9.17) is 4.74 Å². The first-order valence-corrected chi connectivity index (χ1v) is 8.58. The highest BCUT2D eigenvalue weighted by Gasteiger charge is 2.16. The Morgan fingerprint density at radius 2 is 1.88 bits per heavy atom. The van der Waals surface area contributed by atoms with Gasteiger partial charge in [-0.1, -0.05) is 0 Å². The zero-order valence-corrected chi connectivity index (χ0v) is 14.7. The zero-order valence-electron chi connectivity index (χ0n) is 14.7. The van der Waals surface area contributed by atoms with Crippen molar-refractivity contribution in [3.05, 3.63) is 48.3 Å². The van der Waals surface area contributed by atoms with E-state index in [1.165, 1.54) is 0 Å². The van der Waals surface area contributed by atoms with Crippen LogP contribution < -0.4 is 15.0 Å². The Balaban J connectivity index is 1.66. The molecule has 1 aromatic carbocycles. The van der Waals surface area contributed by atoms with E-state index in [2.05, 4.69) is 27.1 Å². The molecule has 1 aliphatic heterocycles. The number of aromatic nitrogens is 1. The monoisotopic (exact) mass is 340 g/mol. The third-order valence-corrected chi connectivity index (χ3v) is 4.28. The highest BCUT2D eigenvalue weighted by molar-refractivity contribution is 6.04. The molecule has 132 valence electrons. The molecule has 3 rings (SSSR count). The van der Waals surface area contributed by atoms with E-state index in [1.54, 1.807) is 6.20 Å². The van der Waals surface area contributed by atoms with E-state index < -0.39 is 0 Å². The van der Waals surface area contributed by atoms with Gasteiger partial charge in [0.05, 0.1) is 24.1 Å². The van der Waals surface area contributed by atoms with Gasteiger partial charge in [-0.25, -0.2) is 0 Å². The second kappa shape index (κ2) is 7.98. The number of benzene rings is 1. The fourth-order valence-electron chi connectivity index (χ4n) is 2.79. The number of likely N-dealkylation sites (N-methyl/N-ethyl adjacent to an activating group) is 1. The molecule has 1 aliphatic rings. The number of nitrogens with zero attached hydrogens (tertiary/aromatic N) is 3. The van der Waals surface area contributed by atoms with E-state index in [1.807, 2.05) is 43.5 Å². The van der Waals surface area contributed by atoms with Crippen molar-refractivity contribution in [2.75, 3.05) is 50.1 Å². The predicted molar refractivity (Wildman–Crippen MR) is 99.5 cm³/mol. The van der Waals surface area contributed by atoms with Gasteiger partial charge in [0.1, 0.15) is 5.75 Å². The second-order valence-corrected chi connectivity index (χ2v) is 6.13. The molecule has 0 spiro atoms. The summed E-state index contributed by atoms with van der Waals surface area (Å²) in [5.74, 6) is 0.631. The maximum atomic E-state index is 12.5. The zero-order chi connectivity index (χ0) is 17.6. The summed E-state index contributed by atoms with van der Waals surface area (Å²) in [7, 11) is 2.12. The molecule has 6 heteroatoms. The van der Waals surface area contributed by atoms with E-state index >= 15 is 0 Å². The number of carbonyl (C=O) groups excluding carboxylic acids is 1. The molecule has 0 unspecified atom stereocenters. The van der Waals surface area contributed by atoms with Crippen molar-refractivity contribution in [2.24, 2.45) is 0 Å². The average molecular weight is 340 g/mol. The summed E-state index contributed by atoms with van der Waals surface area (Å²) in [4.78, 5) is 21.3. The topological polar surface area (TPSA) is 57.7 Å². The molecule has 0 saturated carbocycles. The molecule has 0 aliphatic carbocycles. The lowest BCUT2D eigenvalue weighted by molar-refractivity contribution is 0.102. The van der Waals surface area contributed by atoms with Crippen molar-refractivity contribution < 1.29 is 9.53 Å². The Hall–Kier alpha value is -2.60. The SMILES string of the molecule is CCOc1ccc(NC(=O)c2cncc(N3CCN(C)CC3)c2)cc1. The van der Waals surface area contributed by atoms with Crippen molar-refractivity contribution in [2.45, 2.75) is 6.92 Å². The van der Waals surface area contributed by atoms with E-state index in [9.17, 15) is 4.79 Å². The van der Waals surface area contributed by atoms with Crippen molar-refractivity contribution in [3.8, 4) is 5.75 Å². The van der Waals surface area contributed by atoms with Crippen LogP contribution in [0.1, 0.15) is 17.3 Å². The van der Waals surface area contributed by atoms with E-state index in [0.717, 1.165) is 43.3 Å². The molecule has 1 amide bonds. The summed E-state index contributed by atoms with van der Waals surface area (Å²) in [5, 5.41) is 2.90. The van der Waals surface area contributed by atoms with E-state index in [0.29, 0.717) is 12.2 Å². The number of ether oxygens (including phenoxy) is 1. The van der Waals surface area contributed by atoms with Crippen LogP contribution in [0, 0.1) is 0 Å². The smallest absolute Gasteiger partial charge is 0.257 e. The summed E-state index contributed by atoms with van der Waals surface area (Å²) in [6.07, 6.45) is 3.42. The summed E-state index contributed by atoms with van der Waals surface area (Å²) in [5.41, 5.74) is 2.29. The molecular weight excluding hydrogens is 316 g/mol. The number of pyridine rings is 1. The van der Waals surface area contributed by atoms with Gasteiger partial charge < -0.3 is 19.9 Å². The molecular formula is C19H24N4O2. The molecule has 1 aromatic heterocycles. The number of nitrogens with one attached hydrogen (secondary N) is 1. The van der Waals surface area contributed by atoms with Gasteiger partial charge in [-0.15, -0.1) is 0 Å². The predicted octanol–water partition coefficient (Wildman–Crippen LogP) is 2.48. The second-order valence-electron chi connectivity index (χ2n) is 6.13. The Labute approximate surface area is 148 Å². The lowest BCUT2D eigenvalue weighted by atomic mass is 10.2. The molecule has 1 saturated heterocycles. The summed E-state index contributed by atoms with van der Waals surface area (Å²) < 4.78 is 5.41. The molecule has 2 heterocycles. The van der Waals surface area contributed by atoms with Crippen molar-refractivity contribution in [1.82, 2.24) is 9.88 Å². The Kier molecular flexibility index (Phi) is 5.50. The molecule has 0 atom stereocenters. The Bertz CT molecular complexity index is 710. The van der Waals surface area contributed by atoms with Gasteiger partial charge in [0, 0.05) is 38.1 Å². The van der Waals surface area contributed by atoms with Crippen LogP contribution in [0.3, 0.4) is 0 Å². The van der Waals surface area contributed by atoms with Gasteiger partial charge in [0.2, 0.25) is 0 Å². The number of rotatable bonds is 5. The largest absolute Gasteiger partial charge is 0.494 e. The van der Waals surface area contributed by atoms with Crippen molar-refractivity contribution in [3.63, 3.8) is 0 Å². The van der Waals surface area contributed by atoms with Gasteiger partial charge in [-0.3, -0.25) is 9.78 Å². The number of hydrogen-bond acceptors (Lipinski definition) is 5. The summed E-state index contributed by atoms with van der Waals surface area (Å²) in [6.45, 7) is 6.49. The first-order valence-electron chi connectivity index (χ1n) is 8.58. The number of carbonyl (C=O) groups is 1. The van der Waals surface area contributed by atoms with Crippen LogP contribution in [0.15, 0.2) is 42.7 Å². The van der Waals surface area contributed by atoms with E-state index in [-0.39, 0.29) is 5.91 Å². The normalized spacial score (nSPS) is 15.0. The third-order valence-electron chi connectivity index (χ3n) is 4.28. The van der Waals surface area contributed by atoms with Gasteiger partial charge in [-0.05, 0) is 44.3 Å². The number of anilines is 2. The minimum absolute atomic E-state index is 0.160. The Morgan fingerprint density at radius 3 is 2.56 bits per heavy atom. The van der Waals surface area contributed by atoms with Crippen LogP contribution in [0.4, 0.5) is 11.4 Å². The highest BCUT2D eigenvalue weighted by Crippen LogP contribution is 2.19. The maximum Gasteiger partial charge on any atom is 0.257 e. The van der Waals surface area contributed by atoms with Gasteiger partial charge in [0.15, 0.2) is 0 Å². The standard InChI is InChI=1S/C19H24N4O2/c1-3-25-18-6-4-16(5-7-18)21-19(24)15-12-17(14-20-13-15)23-10-8-22(2)9-11-23/h4-7,12-14H,3,8-11H2,1-2H3,(H,21,24). The van der Waals surface area contributed by atoms with Gasteiger partial charge >= 0.3 is 0 Å². The molecule has 1 fully saturated rings. The minimum atomic E-state index is -0.160. The van der Waals surface area contributed by atoms with Crippen LogP contribution in [-0.2, 0) is 0 Å². The van der Waals surface area contributed by atoms with Crippen LogP contribution in [0.5, 0.6) is 5.75 Å². The number of amides is 1. The fourth-order valence-corrected chi connectivity index (χ4v) is 2.79. The first-order chi connectivity index (χ1) is 12.2. The van der Waals surface area contributed by atoms with Gasteiger partial charge in [-0.2, -0.15) is 0 Å². The molecule has 2 aromatic rings. The molecule has 6 nitrogen and oxygen atoms in total. The lowest BCUT2D eigenvalue weighted by Gasteiger charge is -2.33. The highest BCUT2D eigenvalue weighted by atomic mass is 16.5. The first kappa shape index (κ1) is 17.2. The van der Waals surface area contributed by atoms with Crippen molar-refractivity contribution >= 4 is 17.3 Å². The lowest BCUT2D eigenvalue weighted by Crippen LogP contribution is -2.44. The van der Waals surface area contributed by atoms with Crippen molar-refractivity contribution in [1.29, 1.82) is 0 Å². The fraction of sp³-hybridized carbons (Fsp3) is 0.368. The molecule has 25 heavy (non-hydrogen) atoms. The van der Waals surface area contributed by atoms with Crippen LogP contribution in [0.25, 0.3) is 0 Å². The van der Waals surface area contributed by atoms with Crippen LogP contribution in [0.2, 0.25) is 0 Å². The van der Waals surface area contributed by atoms with Crippen LogP contribution >= 0.6 is 0 Å². The number of piperazine rings is 1. The Morgan fingerprint density at radius 1 is 1.16 bits per heavy atom. The maximum absolute atomic E-state index is 12.5. The summed E-state index contributed by atoms with van der Waals surface area (Å²) in [6, 6.07) is 9.26. The average Bonchev–Trinajstić information content (AvgIpc) is 2.64. The third kappa shape index (κ3) is 4.48. The summed E-state index contributed by atoms with van der Waals surface area (Å²) >= 11 is 0. The number of hydrogen-bond donors (Lipinski definition) is 1. The van der Waals surface area contributed by atoms with Gasteiger partial charge in [0.25, 0.3) is 5.91 Å². The molecule has 1 N–H and O–H groups in total. The van der Waals surface area contributed by atoms with Crippen LogP contribution in [-0.4, -0.2) is 55.6 Å². The minimum Gasteiger partial charge on any atom is -0.494 e. The quantitative estimate of drug-likeness (QED) is 0.906. The molecule has 0 bridgehead atoms. The molecule has 0 radical (unpaired) electrons.